The average Bonchev–Trinajstić information content (AvgIpc) is 3.49. The molecule has 1 aliphatic rings. The number of fused-ring (bicyclic) bond motifs is 2. The zero-order chi connectivity index (χ0) is 23.9. The van der Waals surface area contributed by atoms with Crippen LogP contribution in [0, 0.1) is 0 Å². The van der Waals surface area contributed by atoms with Crippen LogP contribution >= 0.6 is 23.3 Å². The fourth-order valence-corrected chi connectivity index (χ4v) is 6.20. The van der Waals surface area contributed by atoms with Gasteiger partial charge in [-0.3, -0.25) is 4.79 Å². The van der Waals surface area contributed by atoms with E-state index in [-0.39, 0.29) is 11.5 Å². The van der Waals surface area contributed by atoms with Crippen molar-refractivity contribution in [2.45, 2.75) is 4.90 Å². The van der Waals surface area contributed by atoms with E-state index >= 15 is 0 Å². The molecule has 0 radical (unpaired) electrons. The number of nitrogens with one attached hydrogen (secondary N) is 1. The van der Waals surface area contributed by atoms with Crippen molar-refractivity contribution in [2.75, 3.05) is 12.4 Å². The number of carbonyl (C=O) groups excluding carboxylic acids is 1. The van der Waals surface area contributed by atoms with Crippen LogP contribution in [0.2, 0.25) is 0 Å². The molecule has 0 saturated carbocycles. The van der Waals surface area contributed by atoms with Crippen molar-refractivity contribution in [1.29, 1.82) is 0 Å². The summed E-state index contributed by atoms with van der Waals surface area (Å²) < 4.78 is 7.59. The largest absolute Gasteiger partial charge is 0.504 e. The van der Waals surface area contributed by atoms with E-state index < -0.39 is 5.91 Å². The van der Waals surface area contributed by atoms with Crippen LogP contribution in [0.3, 0.4) is 0 Å². The van der Waals surface area contributed by atoms with E-state index in [0.717, 1.165) is 26.3 Å². The van der Waals surface area contributed by atoms with Gasteiger partial charge in [-0.15, -0.1) is 11.3 Å². The molecule has 0 atom stereocenters. The Hall–Kier alpha value is -4.01. The number of rotatable bonds is 4. The van der Waals surface area contributed by atoms with Gasteiger partial charge in [0.05, 0.1) is 9.77 Å². The first-order chi connectivity index (χ1) is 17.1. The van der Waals surface area contributed by atoms with Crippen molar-refractivity contribution >= 4 is 51.7 Å². The Bertz CT molecular complexity index is 1570. The first-order valence-corrected chi connectivity index (χ1v) is 12.5. The number of hydrogen-bond donors (Lipinski definition) is 2. The number of aromatic nitrogens is 1. The summed E-state index contributed by atoms with van der Waals surface area (Å²) in [5.74, 6) is 0.506. The molecule has 0 spiro atoms. The van der Waals surface area contributed by atoms with E-state index in [0.29, 0.717) is 22.1 Å². The van der Waals surface area contributed by atoms with Crippen LogP contribution in [-0.2, 0) is 4.79 Å². The summed E-state index contributed by atoms with van der Waals surface area (Å²) in [5.41, 5.74) is 2.63. The zero-order valence-electron chi connectivity index (χ0n) is 18.6. The molecule has 6 rings (SSSR count). The number of para-hydroxylation sites is 1. The lowest BCUT2D eigenvalue weighted by Gasteiger charge is -2.25. The van der Waals surface area contributed by atoms with Crippen molar-refractivity contribution in [3.05, 3.63) is 95.5 Å². The van der Waals surface area contributed by atoms with Gasteiger partial charge in [0.1, 0.15) is 17.1 Å². The fraction of sp³-hybridized carbons (Fsp3) is 0.0370. The Kier molecular flexibility index (Phi) is 5.32. The number of pyridine rings is 1. The van der Waals surface area contributed by atoms with Crippen LogP contribution in [0.25, 0.3) is 38.6 Å². The minimum atomic E-state index is -0.438. The van der Waals surface area contributed by atoms with Gasteiger partial charge in [-0.2, -0.15) is 0 Å². The second-order valence-electron chi connectivity index (χ2n) is 7.97. The van der Waals surface area contributed by atoms with Gasteiger partial charge >= 0.3 is 0 Å². The number of thiophene rings is 1. The second-order valence-corrected chi connectivity index (χ2v) is 10.2. The van der Waals surface area contributed by atoms with E-state index in [1.54, 1.807) is 17.4 Å². The number of aliphatic hydroxyl groups is 1. The summed E-state index contributed by atoms with van der Waals surface area (Å²) in [6, 6.07) is 27.0. The molecule has 0 saturated heterocycles. The molecule has 6 nitrogen and oxygen atoms in total. The van der Waals surface area contributed by atoms with Crippen molar-refractivity contribution in [3.63, 3.8) is 0 Å². The quantitative estimate of drug-likeness (QED) is 0.259. The lowest BCUT2D eigenvalue weighted by atomic mass is 10.2. The van der Waals surface area contributed by atoms with Gasteiger partial charge in [-0.25, -0.2) is 4.98 Å². The molecular formula is C27H19N3O3S2. The van der Waals surface area contributed by atoms with Crippen LogP contribution in [-0.4, -0.2) is 27.4 Å². The topological polar surface area (TPSA) is 78.6 Å². The molecule has 0 unspecified atom stereocenters. The van der Waals surface area contributed by atoms with Gasteiger partial charge in [0.2, 0.25) is 0 Å². The highest BCUT2D eigenvalue weighted by atomic mass is 32.2. The van der Waals surface area contributed by atoms with E-state index in [4.69, 9.17) is 4.42 Å². The lowest BCUT2D eigenvalue weighted by Crippen LogP contribution is -2.27. The Balaban J connectivity index is 1.29. The molecule has 5 aromatic rings. The summed E-state index contributed by atoms with van der Waals surface area (Å²) in [7, 11) is 1.76. The number of nitrogens with zero attached hydrogens (tertiary/aromatic N) is 2. The SMILES string of the molecule is CN1Sc2cc(-c3ccccc3)sc2C(O)=C1C(=O)Nc1cccc(-c2cc3ccccc3o2)n1. The highest BCUT2D eigenvalue weighted by Gasteiger charge is 2.31. The highest BCUT2D eigenvalue weighted by Crippen LogP contribution is 2.46. The highest BCUT2D eigenvalue weighted by molar-refractivity contribution is 7.97. The average molecular weight is 498 g/mol. The summed E-state index contributed by atoms with van der Waals surface area (Å²) >= 11 is 2.87. The van der Waals surface area contributed by atoms with Gasteiger partial charge in [0.15, 0.2) is 17.2 Å². The van der Waals surface area contributed by atoms with Crippen molar-refractivity contribution in [3.8, 4) is 21.9 Å². The zero-order valence-corrected chi connectivity index (χ0v) is 20.2. The van der Waals surface area contributed by atoms with Crippen molar-refractivity contribution in [1.82, 2.24) is 9.29 Å². The van der Waals surface area contributed by atoms with Gasteiger partial charge in [0, 0.05) is 17.3 Å². The third-order valence-corrected chi connectivity index (χ3v) is 7.92. The molecule has 1 amide bonds. The van der Waals surface area contributed by atoms with Crippen LogP contribution in [0.15, 0.2) is 99.9 Å². The summed E-state index contributed by atoms with van der Waals surface area (Å²) in [5, 5.41) is 14.9. The molecule has 1 aliphatic heterocycles. The molecule has 3 aromatic heterocycles. The number of aliphatic hydroxyl groups excluding tert-OH is 1. The van der Waals surface area contributed by atoms with Gasteiger partial charge in [0.25, 0.3) is 5.91 Å². The predicted molar refractivity (Wildman–Crippen MR) is 141 cm³/mol. The standard InChI is InChI=1S/C27H19N3O3S2/c1-30-24(25(31)26-22(35-30)15-21(34-26)16-8-3-2-4-9-16)27(32)29-23-13-7-11-18(28-23)20-14-17-10-5-6-12-19(17)33-20/h2-15,31H,1H3,(H,28,29,32). The third kappa shape index (κ3) is 3.96. The second kappa shape index (κ2) is 8.65. The maximum atomic E-state index is 13.2. The Morgan fingerprint density at radius 2 is 1.80 bits per heavy atom. The summed E-state index contributed by atoms with van der Waals surface area (Å²) in [4.78, 5) is 20.4. The first-order valence-electron chi connectivity index (χ1n) is 10.9. The number of hydrogen-bond acceptors (Lipinski definition) is 7. The van der Waals surface area contributed by atoms with Crippen LogP contribution < -0.4 is 5.32 Å². The van der Waals surface area contributed by atoms with Gasteiger partial charge in [-0.05, 0) is 47.8 Å². The molecule has 2 N–H and O–H groups in total. The third-order valence-electron chi connectivity index (χ3n) is 5.63. The molecule has 0 fully saturated rings. The van der Waals surface area contributed by atoms with Gasteiger partial charge < -0.3 is 19.1 Å². The fourth-order valence-electron chi connectivity index (χ4n) is 3.98. The minimum Gasteiger partial charge on any atom is -0.504 e. The molecular weight excluding hydrogens is 478 g/mol. The van der Waals surface area contributed by atoms with Gasteiger partial charge in [-0.1, -0.05) is 54.6 Å². The molecule has 4 heterocycles. The van der Waals surface area contributed by atoms with Crippen molar-refractivity contribution in [2.24, 2.45) is 0 Å². The number of carbonyl (C=O) groups is 1. The molecule has 0 bridgehead atoms. The van der Waals surface area contributed by atoms with E-state index in [2.05, 4.69) is 10.3 Å². The number of likely N-dealkylation sites (N-methyl/N-ethyl adjacent to an activating group) is 1. The van der Waals surface area contributed by atoms with E-state index in [1.165, 1.54) is 23.3 Å². The summed E-state index contributed by atoms with van der Waals surface area (Å²) in [6.45, 7) is 0. The first kappa shape index (κ1) is 21.5. The molecule has 172 valence electrons. The number of amides is 1. The van der Waals surface area contributed by atoms with Crippen LogP contribution in [0.4, 0.5) is 5.82 Å². The van der Waals surface area contributed by atoms with E-state index in [1.807, 2.05) is 78.9 Å². The summed E-state index contributed by atoms with van der Waals surface area (Å²) in [6.07, 6.45) is 0. The lowest BCUT2D eigenvalue weighted by molar-refractivity contribution is -0.113. The Morgan fingerprint density at radius 3 is 2.63 bits per heavy atom. The predicted octanol–water partition coefficient (Wildman–Crippen LogP) is 7.04. The molecule has 0 aliphatic carbocycles. The van der Waals surface area contributed by atoms with E-state index in [9.17, 15) is 9.90 Å². The molecule has 2 aromatic carbocycles. The smallest absolute Gasteiger partial charge is 0.277 e. The number of benzene rings is 2. The maximum Gasteiger partial charge on any atom is 0.277 e. The number of furan rings is 1. The number of anilines is 1. The normalized spacial score (nSPS) is 13.2. The molecule has 35 heavy (non-hydrogen) atoms. The Labute approximate surface area is 209 Å². The van der Waals surface area contributed by atoms with Crippen LogP contribution in [0.1, 0.15) is 4.88 Å². The van der Waals surface area contributed by atoms with Crippen molar-refractivity contribution < 1.29 is 14.3 Å². The Morgan fingerprint density at radius 1 is 1.00 bits per heavy atom. The minimum absolute atomic E-state index is 0.0423. The monoisotopic (exact) mass is 497 g/mol. The molecule has 8 heteroatoms. The van der Waals surface area contributed by atoms with Crippen LogP contribution in [0.5, 0.6) is 0 Å². The maximum absolute atomic E-state index is 13.2.